The van der Waals surface area contributed by atoms with Crippen LogP contribution < -0.4 is 19.5 Å². The zero-order valence-electron chi connectivity index (χ0n) is 15.3. The van der Waals surface area contributed by atoms with E-state index in [2.05, 4.69) is 21.5 Å². The highest BCUT2D eigenvalue weighted by molar-refractivity contribution is 5.78. The van der Waals surface area contributed by atoms with E-state index < -0.39 is 0 Å². The first-order valence-electron chi connectivity index (χ1n) is 8.48. The summed E-state index contributed by atoms with van der Waals surface area (Å²) in [5.41, 5.74) is 2.85. The van der Waals surface area contributed by atoms with E-state index in [9.17, 15) is 0 Å². The molecule has 2 heterocycles. The van der Waals surface area contributed by atoms with Crippen LogP contribution in [0.15, 0.2) is 54.9 Å². The van der Waals surface area contributed by atoms with Crippen molar-refractivity contribution in [2.45, 2.75) is 6.04 Å². The predicted molar refractivity (Wildman–Crippen MR) is 102 cm³/mol. The van der Waals surface area contributed by atoms with Crippen LogP contribution in [0.2, 0.25) is 0 Å². The van der Waals surface area contributed by atoms with Crippen molar-refractivity contribution in [1.29, 1.82) is 0 Å². The predicted octanol–water partition coefficient (Wildman–Crippen LogP) is 3.36. The Balaban J connectivity index is 1.85. The first kappa shape index (κ1) is 17.0. The molecular weight excluding hydrogens is 344 g/mol. The average molecular weight is 364 g/mol. The maximum Gasteiger partial charge on any atom is 0.226 e. The third kappa shape index (κ3) is 2.97. The second kappa shape index (κ2) is 7.03. The topological polar surface area (TPSA) is 70.4 Å². The highest BCUT2D eigenvalue weighted by Gasteiger charge is 2.27. The Morgan fingerprint density at radius 3 is 2.63 bits per heavy atom. The lowest BCUT2D eigenvalue weighted by Crippen LogP contribution is -2.20. The van der Waals surface area contributed by atoms with Crippen molar-refractivity contribution in [3.63, 3.8) is 0 Å². The SMILES string of the molecule is COc1cccc(C2=CC(c3cccc(OC)c3OC)n3ncnc3N2)c1. The molecule has 0 aliphatic carbocycles. The van der Waals surface area contributed by atoms with E-state index in [0.29, 0.717) is 17.4 Å². The maximum atomic E-state index is 5.63. The number of benzene rings is 2. The summed E-state index contributed by atoms with van der Waals surface area (Å²) in [5, 5.41) is 7.72. The molecule has 7 heteroatoms. The van der Waals surface area contributed by atoms with Crippen LogP contribution in [0.1, 0.15) is 17.2 Å². The lowest BCUT2D eigenvalue weighted by atomic mass is 10.0. The molecule has 0 radical (unpaired) electrons. The van der Waals surface area contributed by atoms with Gasteiger partial charge in [-0.05, 0) is 24.3 Å². The fourth-order valence-electron chi connectivity index (χ4n) is 3.26. The van der Waals surface area contributed by atoms with Crippen molar-refractivity contribution in [3.05, 3.63) is 66.0 Å². The van der Waals surface area contributed by atoms with Crippen LogP contribution >= 0.6 is 0 Å². The molecule has 1 aliphatic rings. The molecule has 3 aromatic rings. The number of rotatable bonds is 5. The van der Waals surface area contributed by atoms with Gasteiger partial charge >= 0.3 is 0 Å². The molecule has 2 aromatic carbocycles. The van der Waals surface area contributed by atoms with Crippen molar-refractivity contribution in [1.82, 2.24) is 14.8 Å². The highest BCUT2D eigenvalue weighted by atomic mass is 16.5. The van der Waals surface area contributed by atoms with Crippen LogP contribution in [-0.4, -0.2) is 36.1 Å². The summed E-state index contributed by atoms with van der Waals surface area (Å²) in [4.78, 5) is 4.35. The van der Waals surface area contributed by atoms with E-state index in [0.717, 1.165) is 22.6 Å². The number of para-hydroxylation sites is 1. The Morgan fingerprint density at radius 2 is 1.85 bits per heavy atom. The van der Waals surface area contributed by atoms with E-state index in [1.54, 1.807) is 21.3 Å². The summed E-state index contributed by atoms with van der Waals surface area (Å²) >= 11 is 0. The van der Waals surface area contributed by atoms with E-state index in [4.69, 9.17) is 14.2 Å². The average Bonchev–Trinajstić information content (AvgIpc) is 3.21. The van der Waals surface area contributed by atoms with E-state index in [-0.39, 0.29) is 6.04 Å². The normalized spacial score (nSPS) is 15.4. The zero-order chi connectivity index (χ0) is 18.8. The molecule has 0 bridgehead atoms. The van der Waals surface area contributed by atoms with Gasteiger partial charge in [-0.1, -0.05) is 24.3 Å². The quantitative estimate of drug-likeness (QED) is 0.749. The van der Waals surface area contributed by atoms with E-state index in [1.165, 1.54) is 6.33 Å². The first-order valence-corrected chi connectivity index (χ1v) is 8.48. The van der Waals surface area contributed by atoms with Crippen LogP contribution in [0.5, 0.6) is 17.2 Å². The number of aromatic nitrogens is 3. The largest absolute Gasteiger partial charge is 0.497 e. The lowest BCUT2D eigenvalue weighted by Gasteiger charge is -2.26. The Kier molecular flexibility index (Phi) is 4.42. The van der Waals surface area contributed by atoms with Crippen LogP contribution in [0, 0.1) is 0 Å². The molecule has 138 valence electrons. The third-order valence-corrected chi connectivity index (χ3v) is 4.54. The van der Waals surface area contributed by atoms with E-state index >= 15 is 0 Å². The number of nitrogens with zero attached hydrogens (tertiary/aromatic N) is 3. The lowest BCUT2D eigenvalue weighted by molar-refractivity contribution is 0.349. The summed E-state index contributed by atoms with van der Waals surface area (Å²) in [5.74, 6) is 2.80. The minimum absolute atomic E-state index is 0.199. The number of methoxy groups -OCH3 is 3. The Labute approximate surface area is 157 Å². The van der Waals surface area contributed by atoms with Gasteiger partial charge in [0.25, 0.3) is 0 Å². The van der Waals surface area contributed by atoms with Crippen LogP contribution in [0.4, 0.5) is 5.95 Å². The summed E-state index contributed by atoms with van der Waals surface area (Å²) in [6.45, 7) is 0. The number of hydrogen-bond acceptors (Lipinski definition) is 6. The van der Waals surface area contributed by atoms with Crippen LogP contribution in [0.3, 0.4) is 0 Å². The Hall–Kier alpha value is -3.48. The molecule has 1 N–H and O–H groups in total. The van der Waals surface area contributed by atoms with Gasteiger partial charge in [-0.3, -0.25) is 0 Å². The fraction of sp³-hybridized carbons (Fsp3) is 0.200. The van der Waals surface area contributed by atoms with Gasteiger partial charge in [-0.2, -0.15) is 10.1 Å². The van der Waals surface area contributed by atoms with Gasteiger partial charge in [0.2, 0.25) is 5.95 Å². The van der Waals surface area contributed by atoms with Gasteiger partial charge in [0, 0.05) is 16.8 Å². The third-order valence-electron chi connectivity index (χ3n) is 4.54. The molecule has 0 amide bonds. The fourth-order valence-corrected chi connectivity index (χ4v) is 3.26. The minimum Gasteiger partial charge on any atom is -0.497 e. The molecule has 7 nitrogen and oxygen atoms in total. The number of allylic oxidation sites excluding steroid dienone is 1. The number of fused-ring (bicyclic) bond motifs is 1. The molecule has 0 fully saturated rings. The van der Waals surface area contributed by atoms with Gasteiger partial charge in [0.1, 0.15) is 18.1 Å². The zero-order valence-corrected chi connectivity index (χ0v) is 15.3. The van der Waals surface area contributed by atoms with Gasteiger partial charge < -0.3 is 19.5 Å². The van der Waals surface area contributed by atoms with Crippen molar-refractivity contribution >= 4 is 11.6 Å². The molecule has 0 spiro atoms. The molecule has 27 heavy (non-hydrogen) atoms. The smallest absolute Gasteiger partial charge is 0.226 e. The van der Waals surface area contributed by atoms with Gasteiger partial charge in [-0.25, -0.2) is 4.68 Å². The second-order valence-corrected chi connectivity index (χ2v) is 5.99. The highest BCUT2D eigenvalue weighted by Crippen LogP contribution is 2.40. The van der Waals surface area contributed by atoms with Crippen molar-refractivity contribution < 1.29 is 14.2 Å². The Morgan fingerprint density at radius 1 is 1.00 bits per heavy atom. The number of anilines is 1. The monoisotopic (exact) mass is 364 g/mol. The Bertz CT molecular complexity index is 996. The molecule has 1 aromatic heterocycles. The van der Waals surface area contributed by atoms with E-state index in [1.807, 2.05) is 47.1 Å². The van der Waals surface area contributed by atoms with Crippen LogP contribution in [-0.2, 0) is 0 Å². The summed E-state index contributed by atoms with van der Waals surface area (Å²) in [6, 6.07) is 13.5. The number of hydrogen-bond donors (Lipinski definition) is 1. The summed E-state index contributed by atoms with van der Waals surface area (Å²) in [6.07, 6.45) is 3.62. The second-order valence-electron chi connectivity index (χ2n) is 5.99. The van der Waals surface area contributed by atoms with Gasteiger partial charge in [0.15, 0.2) is 11.5 Å². The molecular formula is C20H20N4O3. The first-order chi connectivity index (χ1) is 13.2. The summed E-state index contributed by atoms with van der Waals surface area (Å²) in [7, 11) is 4.92. The molecule has 4 rings (SSSR count). The molecule has 1 aliphatic heterocycles. The van der Waals surface area contributed by atoms with Gasteiger partial charge in [0.05, 0.1) is 21.3 Å². The summed E-state index contributed by atoms with van der Waals surface area (Å²) < 4.78 is 18.3. The maximum absolute atomic E-state index is 5.63. The number of ether oxygens (including phenoxy) is 3. The van der Waals surface area contributed by atoms with Crippen molar-refractivity contribution in [3.8, 4) is 17.2 Å². The minimum atomic E-state index is -0.199. The molecule has 1 unspecified atom stereocenters. The van der Waals surface area contributed by atoms with Crippen LogP contribution in [0.25, 0.3) is 5.70 Å². The number of nitrogens with one attached hydrogen (secondary N) is 1. The molecule has 1 atom stereocenters. The molecule has 0 saturated heterocycles. The van der Waals surface area contributed by atoms with Crippen molar-refractivity contribution in [2.75, 3.05) is 26.6 Å². The molecule has 0 saturated carbocycles. The van der Waals surface area contributed by atoms with Gasteiger partial charge in [-0.15, -0.1) is 0 Å². The van der Waals surface area contributed by atoms with Crippen molar-refractivity contribution in [2.24, 2.45) is 0 Å². The standard InChI is InChI=1S/C20H20N4O3/c1-25-14-7-4-6-13(10-14)16-11-17(24-20(23-16)21-12-22-24)15-8-5-9-18(26-2)19(15)27-3/h4-12,17H,1-3H3,(H,21,22,23).